The molecule has 24 heavy (non-hydrogen) atoms. The maximum absolute atomic E-state index is 12.1. The predicted octanol–water partition coefficient (Wildman–Crippen LogP) is 1.82. The fraction of sp³-hybridized carbons (Fsp3) is 0.412. The van der Waals surface area contributed by atoms with Gasteiger partial charge in [-0.1, -0.05) is 23.7 Å². The maximum Gasteiger partial charge on any atom is 0.287 e. The highest BCUT2D eigenvalue weighted by Gasteiger charge is 2.21. The first kappa shape index (κ1) is 16.8. The van der Waals surface area contributed by atoms with Gasteiger partial charge in [0.2, 0.25) is 0 Å². The second-order valence-corrected chi connectivity index (χ2v) is 6.35. The Balaban J connectivity index is 1.64. The van der Waals surface area contributed by atoms with Crippen molar-refractivity contribution in [1.82, 2.24) is 14.7 Å². The topological polar surface area (TPSA) is 67.4 Å². The van der Waals surface area contributed by atoms with Crippen LogP contribution < -0.4 is 16.2 Å². The molecular weight excluding hydrogens is 326 g/mol. The van der Waals surface area contributed by atoms with Gasteiger partial charge in [0.25, 0.3) is 5.56 Å². The number of benzene rings is 1. The molecule has 0 saturated carbocycles. The van der Waals surface area contributed by atoms with Crippen LogP contribution in [0.2, 0.25) is 5.02 Å². The van der Waals surface area contributed by atoms with Crippen LogP contribution in [0.5, 0.6) is 0 Å². The van der Waals surface area contributed by atoms with Gasteiger partial charge in [-0.2, -0.15) is 5.10 Å². The van der Waals surface area contributed by atoms with Gasteiger partial charge in [0.05, 0.1) is 11.9 Å². The van der Waals surface area contributed by atoms with Crippen LogP contribution in [0.3, 0.4) is 0 Å². The second kappa shape index (κ2) is 7.23. The van der Waals surface area contributed by atoms with Crippen LogP contribution in [-0.4, -0.2) is 40.9 Å². The molecular formula is C17H22ClN5O. The van der Waals surface area contributed by atoms with Crippen molar-refractivity contribution >= 4 is 23.0 Å². The van der Waals surface area contributed by atoms with E-state index >= 15 is 0 Å². The van der Waals surface area contributed by atoms with Gasteiger partial charge in [0, 0.05) is 45.0 Å². The number of aryl methyl sites for hydroxylation is 1. The molecule has 1 aliphatic heterocycles. The van der Waals surface area contributed by atoms with Crippen LogP contribution in [0.25, 0.3) is 0 Å². The molecule has 7 heteroatoms. The van der Waals surface area contributed by atoms with Crippen molar-refractivity contribution in [3.63, 3.8) is 0 Å². The lowest BCUT2D eigenvalue weighted by Crippen LogP contribution is -2.46. The summed E-state index contributed by atoms with van der Waals surface area (Å²) >= 11 is 6.25. The van der Waals surface area contributed by atoms with Crippen LogP contribution in [0.4, 0.5) is 11.4 Å². The Hall–Kier alpha value is -2.05. The Bertz CT molecular complexity index is 751. The van der Waals surface area contributed by atoms with Crippen molar-refractivity contribution in [3.05, 3.63) is 51.4 Å². The van der Waals surface area contributed by atoms with E-state index in [9.17, 15) is 4.79 Å². The standard InChI is InChI=1S/C17H22ClN5O/c1-2-23-17(24)16(18)15(11-20-23)22-9-7-21(8-10-22)12-13-3-5-14(19)6-4-13/h3-6,11H,2,7-10,12,19H2,1H3. The molecule has 0 spiro atoms. The van der Waals surface area contributed by atoms with Crippen molar-refractivity contribution in [2.45, 2.75) is 20.0 Å². The van der Waals surface area contributed by atoms with Crippen LogP contribution >= 0.6 is 11.6 Å². The van der Waals surface area contributed by atoms with Gasteiger partial charge in [-0.15, -0.1) is 0 Å². The fourth-order valence-electron chi connectivity index (χ4n) is 2.93. The third kappa shape index (κ3) is 3.55. The van der Waals surface area contributed by atoms with Gasteiger partial charge in [-0.25, -0.2) is 4.68 Å². The Morgan fingerprint density at radius 3 is 2.46 bits per heavy atom. The summed E-state index contributed by atoms with van der Waals surface area (Å²) in [5, 5.41) is 4.44. The second-order valence-electron chi connectivity index (χ2n) is 5.97. The molecule has 2 N–H and O–H groups in total. The SMILES string of the molecule is CCn1ncc(N2CCN(Cc3ccc(N)cc3)CC2)c(Cl)c1=O. The molecule has 0 radical (unpaired) electrons. The first-order valence-electron chi connectivity index (χ1n) is 8.16. The van der Waals surface area contributed by atoms with Crippen LogP contribution in [0, 0.1) is 0 Å². The van der Waals surface area contributed by atoms with Crippen LogP contribution in [0.15, 0.2) is 35.3 Å². The zero-order valence-corrected chi connectivity index (χ0v) is 14.5. The van der Waals surface area contributed by atoms with Crippen molar-refractivity contribution in [2.75, 3.05) is 36.8 Å². The van der Waals surface area contributed by atoms with E-state index in [-0.39, 0.29) is 10.6 Å². The first-order chi connectivity index (χ1) is 11.6. The number of nitrogen functional groups attached to an aromatic ring is 1. The molecule has 0 atom stereocenters. The molecule has 1 saturated heterocycles. The van der Waals surface area contributed by atoms with Crippen molar-refractivity contribution in [3.8, 4) is 0 Å². The Morgan fingerprint density at radius 2 is 1.83 bits per heavy atom. The molecule has 0 bridgehead atoms. The highest BCUT2D eigenvalue weighted by atomic mass is 35.5. The van der Waals surface area contributed by atoms with E-state index in [4.69, 9.17) is 17.3 Å². The van der Waals surface area contributed by atoms with Crippen molar-refractivity contribution in [1.29, 1.82) is 0 Å². The molecule has 2 aromatic rings. The third-order valence-corrected chi connectivity index (χ3v) is 4.72. The first-order valence-corrected chi connectivity index (χ1v) is 8.53. The normalized spacial score (nSPS) is 15.7. The quantitative estimate of drug-likeness (QED) is 0.854. The number of rotatable bonds is 4. The summed E-state index contributed by atoms with van der Waals surface area (Å²) in [7, 11) is 0. The number of hydrogen-bond donors (Lipinski definition) is 1. The Labute approximate surface area is 146 Å². The highest BCUT2D eigenvalue weighted by Crippen LogP contribution is 2.22. The monoisotopic (exact) mass is 347 g/mol. The summed E-state index contributed by atoms with van der Waals surface area (Å²) in [5.74, 6) is 0. The summed E-state index contributed by atoms with van der Waals surface area (Å²) in [6, 6.07) is 7.99. The summed E-state index contributed by atoms with van der Waals surface area (Å²) in [6.45, 7) is 6.78. The number of halogens is 1. The van der Waals surface area contributed by atoms with E-state index in [0.29, 0.717) is 6.54 Å². The summed E-state index contributed by atoms with van der Waals surface area (Å²) in [6.07, 6.45) is 1.70. The Morgan fingerprint density at radius 1 is 1.17 bits per heavy atom. The average molecular weight is 348 g/mol. The molecule has 0 aliphatic carbocycles. The molecule has 0 amide bonds. The molecule has 1 aromatic heterocycles. The summed E-state index contributed by atoms with van der Waals surface area (Å²) in [4.78, 5) is 16.6. The molecule has 0 unspecified atom stereocenters. The summed E-state index contributed by atoms with van der Waals surface area (Å²) < 4.78 is 1.38. The van der Waals surface area contributed by atoms with Gasteiger partial charge in [0.1, 0.15) is 5.02 Å². The molecule has 2 heterocycles. The molecule has 1 fully saturated rings. The highest BCUT2D eigenvalue weighted by molar-refractivity contribution is 6.33. The van der Waals surface area contributed by atoms with Gasteiger partial charge in [-0.3, -0.25) is 9.69 Å². The summed E-state index contributed by atoms with van der Waals surface area (Å²) in [5.41, 5.74) is 8.27. The average Bonchev–Trinajstić information content (AvgIpc) is 2.60. The number of anilines is 2. The van der Waals surface area contributed by atoms with E-state index in [1.807, 2.05) is 19.1 Å². The number of piperazine rings is 1. The lowest BCUT2D eigenvalue weighted by molar-refractivity contribution is 0.250. The number of aromatic nitrogens is 2. The molecule has 6 nitrogen and oxygen atoms in total. The van der Waals surface area contributed by atoms with Gasteiger partial charge >= 0.3 is 0 Å². The number of nitrogens with two attached hydrogens (primary N) is 1. The number of nitrogens with zero attached hydrogens (tertiary/aromatic N) is 4. The van der Waals surface area contributed by atoms with E-state index < -0.39 is 0 Å². The van der Waals surface area contributed by atoms with E-state index in [1.54, 1.807) is 6.20 Å². The predicted molar refractivity (Wildman–Crippen MR) is 97.5 cm³/mol. The van der Waals surface area contributed by atoms with Gasteiger partial charge in [-0.05, 0) is 24.6 Å². The van der Waals surface area contributed by atoms with Gasteiger partial charge in [0.15, 0.2) is 0 Å². The zero-order valence-electron chi connectivity index (χ0n) is 13.8. The van der Waals surface area contributed by atoms with E-state index in [1.165, 1.54) is 10.2 Å². The van der Waals surface area contributed by atoms with E-state index in [2.05, 4.69) is 27.0 Å². The molecule has 1 aliphatic rings. The minimum atomic E-state index is -0.221. The smallest absolute Gasteiger partial charge is 0.287 e. The molecule has 128 valence electrons. The lowest BCUT2D eigenvalue weighted by atomic mass is 10.2. The zero-order chi connectivity index (χ0) is 17.1. The van der Waals surface area contributed by atoms with Crippen LogP contribution in [-0.2, 0) is 13.1 Å². The van der Waals surface area contributed by atoms with Crippen molar-refractivity contribution < 1.29 is 0 Å². The van der Waals surface area contributed by atoms with E-state index in [0.717, 1.165) is 44.1 Å². The Kier molecular flexibility index (Phi) is 5.06. The lowest BCUT2D eigenvalue weighted by Gasteiger charge is -2.36. The number of hydrogen-bond acceptors (Lipinski definition) is 5. The maximum atomic E-state index is 12.1. The third-order valence-electron chi connectivity index (χ3n) is 4.36. The van der Waals surface area contributed by atoms with Crippen molar-refractivity contribution in [2.24, 2.45) is 0 Å². The molecule has 3 rings (SSSR count). The molecule has 1 aromatic carbocycles. The fourth-order valence-corrected chi connectivity index (χ4v) is 3.20. The van der Waals surface area contributed by atoms with Gasteiger partial charge < -0.3 is 10.6 Å². The van der Waals surface area contributed by atoms with Crippen LogP contribution in [0.1, 0.15) is 12.5 Å². The minimum absolute atomic E-state index is 0.221. The minimum Gasteiger partial charge on any atom is -0.399 e. The largest absolute Gasteiger partial charge is 0.399 e.